The molecule has 0 bridgehead atoms. The van der Waals surface area contributed by atoms with Gasteiger partial charge in [0.15, 0.2) is 0 Å². The maximum absolute atomic E-state index is 13.4. The summed E-state index contributed by atoms with van der Waals surface area (Å²) in [7, 11) is 0. The lowest BCUT2D eigenvalue weighted by atomic mass is 9.94. The molecule has 0 aliphatic carbocycles. The average Bonchev–Trinajstić information content (AvgIpc) is 3.20. The molecule has 1 aliphatic heterocycles. The van der Waals surface area contributed by atoms with E-state index in [4.69, 9.17) is 4.42 Å². The van der Waals surface area contributed by atoms with E-state index in [1.807, 2.05) is 13.0 Å². The van der Waals surface area contributed by atoms with Gasteiger partial charge in [0, 0.05) is 32.1 Å². The van der Waals surface area contributed by atoms with Crippen LogP contribution in [-0.2, 0) is 11.3 Å². The molecular formula is C20H23FN2O3. The van der Waals surface area contributed by atoms with Crippen LogP contribution in [0, 0.1) is 11.7 Å². The van der Waals surface area contributed by atoms with Crippen molar-refractivity contribution in [2.24, 2.45) is 5.92 Å². The number of carbonyl (C=O) groups is 2. The molecule has 1 aliphatic rings. The molecule has 0 unspecified atom stereocenters. The van der Waals surface area contributed by atoms with E-state index < -0.39 is 0 Å². The molecule has 0 N–H and O–H groups in total. The molecule has 2 aromatic rings. The van der Waals surface area contributed by atoms with E-state index in [9.17, 15) is 14.0 Å². The Morgan fingerprint density at radius 2 is 2.04 bits per heavy atom. The zero-order valence-electron chi connectivity index (χ0n) is 14.9. The lowest BCUT2D eigenvalue weighted by molar-refractivity contribution is -0.137. The first-order valence-corrected chi connectivity index (χ1v) is 8.93. The summed E-state index contributed by atoms with van der Waals surface area (Å²) in [5.74, 6) is -0.377. The van der Waals surface area contributed by atoms with Crippen LogP contribution in [0.1, 0.15) is 35.7 Å². The van der Waals surface area contributed by atoms with Crippen LogP contribution >= 0.6 is 0 Å². The normalized spacial score (nSPS) is 15.1. The van der Waals surface area contributed by atoms with Gasteiger partial charge in [0.2, 0.25) is 5.91 Å². The molecule has 0 saturated carbocycles. The van der Waals surface area contributed by atoms with Crippen LogP contribution in [0.2, 0.25) is 0 Å². The van der Waals surface area contributed by atoms with E-state index in [0.717, 1.165) is 5.56 Å². The lowest BCUT2D eigenvalue weighted by Crippen LogP contribution is -2.44. The highest BCUT2D eigenvalue weighted by Gasteiger charge is 2.30. The molecule has 1 fully saturated rings. The highest BCUT2D eigenvalue weighted by Crippen LogP contribution is 2.22. The summed E-state index contributed by atoms with van der Waals surface area (Å²) in [6, 6.07) is 7.99. The van der Waals surface area contributed by atoms with Gasteiger partial charge in [-0.3, -0.25) is 9.59 Å². The number of furan rings is 1. The third kappa shape index (κ3) is 4.12. The Morgan fingerprint density at radius 1 is 1.27 bits per heavy atom. The van der Waals surface area contributed by atoms with Crippen molar-refractivity contribution in [3.63, 3.8) is 0 Å². The fourth-order valence-corrected chi connectivity index (χ4v) is 3.36. The Morgan fingerprint density at radius 3 is 2.65 bits per heavy atom. The van der Waals surface area contributed by atoms with Gasteiger partial charge in [-0.1, -0.05) is 12.1 Å². The second-order valence-corrected chi connectivity index (χ2v) is 6.56. The standard InChI is InChI=1S/C20H23FN2O3/c1-2-22(13-15-4-3-5-18(21)12-15)19(24)16-6-9-23(10-7-16)20(25)17-8-11-26-14-17/h3-5,8,11-12,14,16H,2,6-7,9-10,13H2,1H3. The SMILES string of the molecule is CCN(Cc1cccc(F)c1)C(=O)C1CCN(C(=O)c2ccoc2)CC1. The number of amides is 2. The molecule has 5 nitrogen and oxygen atoms in total. The second-order valence-electron chi connectivity index (χ2n) is 6.56. The fraction of sp³-hybridized carbons (Fsp3) is 0.400. The molecule has 0 spiro atoms. The molecule has 0 radical (unpaired) electrons. The fourth-order valence-electron chi connectivity index (χ4n) is 3.36. The van der Waals surface area contributed by atoms with E-state index >= 15 is 0 Å². The van der Waals surface area contributed by atoms with Gasteiger partial charge in [-0.25, -0.2) is 4.39 Å². The highest BCUT2D eigenvalue weighted by atomic mass is 19.1. The molecule has 138 valence electrons. The molecule has 1 aromatic heterocycles. The third-order valence-corrected chi connectivity index (χ3v) is 4.86. The van der Waals surface area contributed by atoms with Crippen LogP contribution in [0.25, 0.3) is 0 Å². The maximum atomic E-state index is 13.4. The predicted octanol–water partition coefficient (Wildman–Crippen LogP) is 3.32. The molecule has 0 atom stereocenters. The Balaban J connectivity index is 1.57. The topological polar surface area (TPSA) is 53.8 Å². The van der Waals surface area contributed by atoms with Gasteiger partial charge in [-0.15, -0.1) is 0 Å². The van der Waals surface area contributed by atoms with Gasteiger partial charge < -0.3 is 14.2 Å². The Hall–Kier alpha value is -2.63. The first-order valence-electron chi connectivity index (χ1n) is 8.93. The Kier molecular flexibility index (Phi) is 5.71. The van der Waals surface area contributed by atoms with Crippen LogP contribution in [0.15, 0.2) is 47.3 Å². The summed E-state index contributed by atoms with van der Waals surface area (Å²) in [4.78, 5) is 28.7. The summed E-state index contributed by atoms with van der Waals surface area (Å²) in [6.45, 7) is 4.01. The van der Waals surface area contributed by atoms with Crippen molar-refractivity contribution in [1.29, 1.82) is 0 Å². The van der Waals surface area contributed by atoms with Gasteiger partial charge in [0.25, 0.3) is 5.91 Å². The minimum Gasteiger partial charge on any atom is -0.472 e. The molecule has 6 heteroatoms. The van der Waals surface area contributed by atoms with E-state index in [2.05, 4.69) is 0 Å². The van der Waals surface area contributed by atoms with Crippen LogP contribution < -0.4 is 0 Å². The van der Waals surface area contributed by atoms with Crippen molar-refractivity contribution >= 4 is 11.8 Å². The molecule has 3 rings (SSSR count). The number of nitrogens with zero attached hydrogens (tertiary/aromatic N) is 2. The van der Waals surface area contributed by atoms with E-state index in [-0.39, 0.29) is 23.5 Å². The van der Waals surface area contributed by atoms with Crippen LogP contribution in [0.5, 0.6) is 0 Å². The minimum absolute atomic E-state index is 0.0586. The van der Waals surface area contributed by atoms with E-state index in [1.54, 1.807) is 21.9 Å². The van der Waals surface area contributed by atoms with Gasteiger partial charge in [-0.2, -0.15) is 0 Å². The number of benzene rings is 1. The van der Waals surface area contributed by atoms with Gasteiger partial charge in [0.05, 0.1) is 11.8 Å². The van der Waals surface area contributed by atoms with Crippen LogP contribution in [-0.4, -0.2) is 41.2 Å². The van der Waals surface area contributed by atoms with E-state index in [1.165, 1.54) is 24.7 Å². The van der Waals surface area contributed by atoms with Crippen molar-refractivity contribution in [3.05, 3.63) is 59.8 Å². The average molecular weight is 358 g/mol. The van der Waals surface area contributed by atoms with Crippen molar-refractivity contribution < 1.29 is 18.4 Å². The quantitative estimate of drug-likeness (QED) is 0.824. The lowest BCUT2D eigenvalue weighted by Gasteiger charge is -2.34. The number of halogens is 1. The third-order valence-electron chi connectivity index (χ3n) is 4.86. The van der Waals surface area contributed by atoms with E-state index in [0.29, 0.717) is 44.6 Å². The smallest absolute Gasteiger partial charge is 0.257 e. The molecule has 1 saturated heterocycles. The number of piperidine rings is 1. The first-order chi connectivity index (χ1) is 12.6. The highest BCUT2D eigenvalue weighted by molar-refractivity contribution is 5.94. The van der Waals surface area contributed by atoms with Crippen LogP contribution in [0.4, 0.5) is 4.39 Å². The van der Waals surface area contributed by atoms with Gasteiger partial charge >= 0.3 is 0 Å². The zero-order chi connectivity index (χ0) is 18.5. The molecule has 1 aromatic carbocycles. The van der Waals surface area contributed by atoms with Crippen LogP contribution in [0.3, 0.4) is 0 Å². The number of rotatable bonds is 5. The molecule has 2 amide bonds. The first kappa shape index (κ1) is 18.2. The zero-order valence-corrected chi connectivity index (χ0v) is 14.9. The van der Waals surface area contributed by atoms with Gasteiger partial charge in [-0.05, 0) is 43.5 Å². The summed E-state index contributed by atoms with van der Waals surface area (Å²) in [6.07, 6.45) is 4.20. The van der Waals surface area contributed by atoms with Crippen molar-refractivity contribution in [2.75, 3.05) is 19.6 Å². The predicted molar refractivity (Wildman–Crippen MR) is 94.8 cm³/mol. The van der Waals surface area contributed by atoms with Gasteiger partial charge in [0.1, 0.15) is 12.1 Å². The maximum Gasteiger partial charge on any atom is 0.257 e. The second kappa shape index (κ2) is 8.17. The monoisotopic (exact) mass is 358 g/mol. The number of hydrogen-bond acceptors (Lipinski definition) is 3. The Labute approximate surface area is 152 Å². The largest absolute Gasteiger partial charge is 0.472 e. The molecule has 2 heterocycles. The number of carbonyl (C=O) groups excluding carboxylic acids is 2. The van der Waals surface area contributed by atoms with Crippen molar-refractivity contribution in [1.82, 2.24) is 9.80 Å². The Bertz CT molecular complexity index is 752. The number of likely N-dealkylation sites (tertiary alicyclic amines) is 1. The molecule has 26 heavy (non-hydrogen) atoms. The molecular weight excluding hydrogens is 335 g/mol. The summed E-state index contributed by atoms with van der Waals surface area (Å²) in [5.41, 5.74) is 1.32. The van der Waals surface area contributed by atoms with Crippen molar-refractivity contribution in [2.45, 2.75) is 26.3 Å². The summed E-state index contributed by atoms with van der Waals surface area (Å²) in [5, 5.41) is 0. The number of hydrogen-bond donors (Lipinski definition) is 0. The van der Waals surface area contributed by atoms with Crippen molar-refractivity contribution in [3.8, 4) is 0 Å². The summed E-state index contributed by atoms with van der Waals surface area (Å²) >= 11 is 0. The summed E-state index contributed by atoms with van der Waals surface area (Å²) < 4.78 is 18.3. The minimum atomic E-state index is -0.294.